The third kappa shape index (κ3) is 2.36. The van der Waals surface area contributed by atoms with Crippen LogP contribution >= 0.6 is 0 Å². The van der Waals surface area contributed by atoms with Crippen LogP contribution in [-0.4, -0.2) is 28.2 Å². The van der Waals surface area contributed by atoms with Gasteiger partial charge in [-0.1, -0.05) is 42.4 Å². The zero-order valence-electron chi connectivity index (χ0n) is 13.5. The highest BCUT2D eigenvalue weighted by Crippen LogP contribution is 2.37. The first-order valence-corrected chi connectivity index (χ1v) is 8.05. The molecule has 0 saturated carbocycles. The molecule has 1 saturated heterocycles. The maximum absolute atomic E-state index is 5.29. The van der Waals surface area contributed by atoms with E-state index in [0.717, 1.165) is 36.4 Å². The average Bonchev–Trinajstić information content (AvgIpc) is 2.97. The van der Waals surface area contributed by atoms with E-state index in [1.807, 2.05) is 6.92 Å². The summed E-state index contributed by atoms with van der Waals surface area (Å²) in [5, 5.41) is 4.98. The Morgan fingerprint density at radius 3 is 2.83 bits per heavy atom. The molecule has 1 atom stereocenters. The molecule has 2 aromatic heterocycles. The molecule has 0 N–H and O–H groups in total. The quantitative estimate of drug-likeness (QED) is 0.725. The van der Waals surface area contributed by atoms with Gasteiger partial charge >= 0.3 is 0 Å². The summed E-state index contributed by atoms with van der Waals surface area (Å²) in [5.41, 5.74) is 2.93. The third-order valence-electron chi connectivity index (χ3n) is 4.89. The topological polar surface area (TPSA) is 55.1 Å². The first kappa shape index (κ1) is 14.2. The fourth-order valence-corrected chi connectivity index (χ4v) is 3.64. The first-order chi connectivity index (χ1) is 11.2. The summed E-state index contributed by atoms with van der Waals surface area (Å²) in [6.07, 6.45) is 3.89. The molecule has 1 fully saturated rings. The van der Waals surface area contributed by atoms with E-state index in [9.17, 15) is 0 Å². The number of rotatable bonds is 2. The maximum Gasteiger partial charge on any atom is 0.263 e. The summed E-state index contributed by atoms with van der Waals surface area (Å²) in [6, 6.07) is 10.8. The molecule has 1 aromatic carbocycles. The van der Waals surface area contributed by atoms with Crippen LogP contribution in [0.1, 0.15) is 31.0 Å². The monoisotopic (exact) mass is 308 g/mol. The van der Waals surface area contributed by atoms with E-state index in [4.69, 9.17) is 4.52 Å². The second kappa shape index (κ2) is 5.33. The number of benzene rings is 1. The van der Waals surface area contributed by atoms with Crippen molar-refractivity contribution < 1.29 is 4.52 Å². The van der Waals surface area contributed by atoms with E-state index >= 15 is 0 Å². The average molecular weight is 308 g/mol. The maximum atomic E-state index is 5.29. The van der Waals surface area contributed by atoms with Gasteiger partial charge in [-0.05, 0) is 25.3 Å². The predicted molar refractivity (Wildman–Crippen MR) is 89.6 cm³/mol. The van der Waals surface area contributed by atoms with Crippen LogP contribution in [0.4, 0.5) is 5.82 Å². The van der Waals surface area contributed by atoms with E-state index in [1.54, 1.807) is 6.33 Å². The van der Waals surface area contributed by atoms with E-state index in [0.29, 0.717) is 5.71 Å². The van der Waals surface area contributed by atoms with Crippen molar-refractivity contribution in [3.05, 3.63) is 47.9 Å². The standard InChI is InChI=1S/C18H20N4O/c1-13-15-16(19-12-20-17(15)23-21-13)22-10-6-9-18(2,11-22)14-7-4-3-5-8-14/h3-5,7-8,12H,6,9-11H2,1-2H3. The van der Waals surface area contributed by atoms with Crippen molar-refractivity contribution in [3.8, 4) is 0 Å². The van der Waals surface area contributed by atoms with Crippen molar-refractivity contribution in [1.29, 1.82) is 0 Å². The molecule has 0 amide bonds. The molecule has 0 spiro atoms. The Labute approximate surface area is 135 Å². The molecule has 0 aliphatic carbocycles. The lowest BCUT2D eigenvalue weighted by Gasteiger charge is -2.41. The van der Waals surface area contributed by atoms with Crippen LogP contribution < -0.4 is 4.90 Å². The van der Waals surface area contributed by atoms with Gasteiger partial charge in [-0.3, -0.25) is 0 Å². The lowest BCUT2D eigenvalue weighted by Crippen LogP contribution is -2.44. The van der Waals surface area contributed by atoms with Crippen molar-refractivity contribution in [2.45, 2.75) is 32.1 Å². The molecule has 1 aliphatic heterocycles. The van der Waals surface area contributed by atoms with E-state index in [1.165, 1.54) is 12.0 Å². The zero-order chi connectivity index (χ0) is 15.9. The lowest BCUT2D eigenvalue weighted by molar-refractivity contribution is 0.372. The normalized spacial score (nSPS) is 21.7. The van der Waals surface area contributed by atoms with Crippen LogP contribution in [0.15, 0.2) is 41.2 Å². The third-order valence-corrected chi connectivity index (χ3v) is 4.89. The largest absolute Gasteiger partial charge is 0.355 e. The van der Waals surface area contributed by atoms with E-state index < -0.39 is 0 Å². The molecule has 3 aromatic rings. The van der Waals surface area contributed by atoms with Crippen molar-refractivity contribution in [1.82, 2.24) is 15.1 Å². The number of aromatic nitrogens is 3. The second-order valence-electron chi connectivity index (χ2n) is 6.60. The molecular weight excluding hydrogens is 288 g/mol. The lowest BCUT2D eigenvalue weighted by atomic mass is 9.76. The number of nitrogens with zero attached hydrogens (tertiary/aromatic N) is 4. The fourth-order valence-electron chi connectivity index (χ4n) is 3.64. The molecule has 1 aliphatic rings. The fraction of sp³-hybridized carbons (Fsp3) is 0.389. The summed E-state index contributed by atoms with van der Waals surface area (Å²) in [7, 11) is 0. The Hall–Kier alpha value is -2.43. The van der Waals surface area contributed by atoms with Gasteiger partial charge in [0.1, 0.15) is 17.5 Å². The first-order valence-electron chi connectivity index (χ1n) is 8.05. The highest BCUT2D eigenvalue weighted by atomic mass is 16.5. The van der Waals surface area contributed by atoms with Gasteiger partial charge in [0.15, 0.2) is 0 Å². The van der Waals surface area contributed by atoms with Crippen molar-refractivity contribution in [2.75, 3.05) is 18.0 Å². The summed E-state index contributed by atoms with van der Waals surface area (Å²) >= 11 is 0. The SMILES string of the molecule is Cc1noc2ncnc(N3CCCC(C)(c4ccccc4)C3)c12. The molecule has 0 radical (unpaired) electrons. The van der Waals surface area contributed by atoms with Gasteiger partial charge in [-0.25, -0.2) is 4.98 Å². The Morgan fingerprint density at radius 2 is 2.00 bits per heavy atom. The van der Waals surface area contributed by atoms with Crippen LogP contribution in [0.25, 0.3) is 11.1 Å². The highest BCUT2D eigenvalue weighted by molar-refractivity contribution is 5.87. The predicted octanol–water partition coefficient (Wildman–Crippen LogP) is 3.48. The molecule has 23 heavy (non-hydrogen) atoms. The number of hydrogen-bond acceptors (Lipinski definition) is 5. The van der Waals surface area contributed by atoms with Crippen LogP contribution in [0.5, 0.6) is 0 Å². The molecule has 5 heteroatoms. The second-order valence-corrected chi connectivity index (χ2v) is 6.60. The van der Waals surface area contributed by atoms with Crippen LogP contribution in [0.3, 0.4) is 0 Å². The van der Waals surface area contributed by atoms with E-state index in [-0.39, 0.29) is 5.41 Å². The number of fused-ring (bicyclic) bond motifs is 1. The summed E-state index contributed by atoms with van der Waals surface area (Å²) < 4.78 is 5.29. The minimum absolute atomic E-state index is 0.127. The molecule has 4 rings (SSSR count). The van der Waals surface area contributed by atoms with Gasteiger partial charge in [0.25, 0.3) is 5.71 Å². The summed E-state index contributed by atoms with van der Waals surface area (Å²) in [5.74, 6) is 0.940. The molecular formula is C18H20N4O. The molecule has 118 valence electrons. The Bertz CT molecular complexity index is 829. The van der Waals surface area contributed by atoms with Crippen molar-refractivity contribution in [3.63, 3.8) is 0 Å². The Balaban J connectivity index is 1.73. The van der Waals surface area contributed by atoms with Gasteiger partial charge in [-0.2, -0.15) is 4.98 Å². The number of piperidine rings is 1. The van der Waals surface area contributed by atoms with Crippen LogP contribution in [-0.2, 0) is 5.41 Å². The van der Waals surface area contributed by atoms with E-state index in [2.05, 4.69) is 57.3 Å². The van der Waals surface area contributed by atoms with Crippen LogP contribution in [0.2, 0.25) is 0 Å². The minimum atomic E-state index is 0.127. The minimum Gasteiger partial charge on any atom is -0.355 e. The highest BCUT2D eigenvalue weighted by Gasteiger charge is 2.34. The molecule has 0 bridgehead atoms. The van der Waals surface area contributed by atoms with Crippen molar-refractivity contribution in [2.24, 2.45) is 0 Å². The molecule has 5 nitrogen and oxygen atoms in total. The van der Waals surface area contributed by atoms with Crippen LogP contribution in [0, 0.1) is 6.92 Å². The summed E-state index contributed by atoms with van der Waals surface area (Å²) in [6.45, 7) is 6.22. The van der Waals surface area contributed by atoms with Gasteiger partial charge < -0.3 is 9.42 Å². The number of hydrogen-bond donors (Lipinski definition) is 0. The van der Waals surface area contributed by atoms with Gasteiger partial charge in [-0.15, -0.1) is 0 Å². The van der Waals surface area contributed by atoms with Gasteiger partial charge in [0.05, 0.1) is 5.69 Å². The zero-order valence-corrected chi connectivity index (χ0v) is 13.5. The van der Waals surface area contributed by atoms with Crippen molar-refractivity contribution >= 4 is 16.9 Å². The molecule has 1 unspecified atom stereocenters. The molecule has 3 heterocycles. The van der Waals surface area contributed by atoms with Gasteiger partial charge in [0, 0.05) is 18.5 Å². The Morgan fingerprint density at radius 1 is 1.17 bits per heavy atom. The smallest absolute Gasteiger partial charge is 0.263 e. The Kier molecular flexibility index (Phi) is 3.29. The van der Waals surface area contributed by atoms with Gasteiger partial charge in [0.2, 0.25) is 0 Å². The number of anilines is 1. The summed E-state index contributed by atoms with van der Waals surface area (Å²) in [4.78, 5) is 11.1. The number of aryl methyl sites for hydroxylation is 1.